The molecule has 4 heteroatoms. The first-order chi connectivity index (χ1) is 8.69. The summed E-state index contributed by atoms with van der Waals surface area (Å²) in [4.78, 5) is 8.81. The van der Waals surface area contributed by atoms with Crippen LogP contribution in [0.3, 0.4) is 0 Å². The summed E-state index contributed by atoms with van der Waals surface area (Å²) in [6, 6.07) is 2.32. The fourth-order valence-corrected chi connectivity index (χ4v) is 1.79. The molecule has 0 spiro atoms. The maximum absolute atomic E-state index is 5.56. The van der Waals surface area contributed by atoms with Crippen molar-refractivity contribution in [2.24, 2.45) is 0 Å². The topological polar surface area (TPSA) is 47.0 Å². The largest absolute Gasteiger partial charge is 0.478 e. The average molecular weight is 251 g/mol. The summed E-state index contributed by atoms with van der Waals surface area (Å²) < 4.78 is 5.56. The molecule has 0 aliphatic heterocycles. The highest BCUT2D eigenvalue weighted by atomic mass is 16.5. The van der Waals surface area contributed by atoms with Gasteiger partial charge in [-0.05, 0) is 26.2 Å². The summed E-state index contributed by atoms with van der Waals surface area (Å²) >= 11 is 0. The number of hydrogen-bond acceptors (Lipinski definition) is 4. The van der Waals surface area contributed by atoms with Gasteiger partial charge in [0.2, 0.25) is 11.8 Å². The number of aryl methyl sites for hydroxylation is 1. The van der Waals surface area contributed by atoms with Crippen LogP contribution in [0.15, 0.2) is 6.07 Å². The van der Waals surface area contributed by atoms with Crippen molar-refractivity contribution in [3.05, 3.63) is 11.8 Å². The fraction of sp³-hybridized carbons (Fsp3) is 0.714. The molecule has 1 rings (SSSR count). The minimum Gasteiger partial charge on any atom is -0.478 e. The number of aromatic nitrogens is 2. The van der Waals surface area contributed by atoms with Crippen molar-refractivity contribution in [1.29, 1.82) is 0 Å². The number of nitrogens with zero attached hydrogens (tertiary/aromatic N) is 2. The molecular formula is C14H25N3O. The van der Waals surface area contributed by atoms with Crippen LogP contribution in [0.25, 0.3) is 0 Å². The van der Waals surface area contributed by atoms with Crippen LogP contribution in [0.5, 0.6) is 5.88 Å². The van der Waals surface area contributed by atoms with Crippen molar-refractivity contribution in [2.75, 3.05) is 11.9 Å². The van der Waals surface area contributed by atoms with Gasteiger partial charge in [-0.1, -0.05) is 27.2 Å². The minimum atomic E-state index is 0.441. The van der Waals surface area contributed by atoms with Gasteiger partial charge in [0.1, 0.15) is 0 Å². The van der Waals surface area contributed by atoms with Gasteiger partial charge < -0.3 is 10.1 Å². The van der Waals surface area contributed by atoms with E-state index in [2.05, 4.69) is 36.1 Å². The van der Waals surface area contributed by atoms with E-state index >= 15 is 0 Å². The lowest BCUT2D eigenvalue weighted by atomic mass is 10.1. The third kappa shape index (κ3) is 4.90. The van der Waals surface area contributed by atoms with E-state index in [4.69, 9.17) is 4.74 Å². The molecule has 1 N–H and O–H groups in total. The lowest BCUT2D eigenvalue weighted by Gasteiger charge is -2.16. The second-order valence-electron chi connectivity index (χ2n) is 4.56. The first-order valence-electron chi connectivity index (χ1n) is 6.94. The van der Waals surface area contributed by atoms with Crippen molar-refractivity contribution < 1.29 is 4.74 Å². The lowest BCUT2D eigenvalue weighted by molar-refractivity contribution is 0.304. The Morgan fingerprint density at radius 1 is 1.22 bits per heavy atom. The molecule has 0 aliphatic carbocycles. The van der Waals surface area contributed by atoms with E-state index in [1.165, 1.54) is 0 Å². The zero-order chi connectivity index (χ0) is 13.4. The Morgan fingerprint density at radius 3 is 2.61 bits per heavy atom. The summed E-state index contributed by atoms with van der Waals surface area (Å²) in [5.41, 5.74) is 0.935. The van der Waals surface area contributed by atoms with Gasteiger partial charge in [-0.2, -0.15) is 4.98 Å². The van der Waals surface area contributed by atoms with Gasteiger partial charge in [0.15, 0.2) is 0 Å². The standard InChI is InChI=1S/C14H25N3O/c1-5-8-12(7-3)16-14-15-11(4)10-13(17-14)18-9-6-2/h10,12H,5-9H2,1-4H3,(H,15,16,17). The van der Waals surface area contributed by atoms with Crippen LogP contribution in [0, 0.1) is 6.92 Å². The van der Waals surface area contributed by atoms with Crippen molar-refractivity contribution in [3.63, 3.8) is 0 Å². The Hall–Kier alpha value is -1.32. The molecule has 1 unspecified atom stereocenters. The Bertz CT molecular complexity index is 355. The zero-order valence-corrected chi connectivity index (χ0v) is 12.0. The molecule has 18 heavy (non-hydrogen) atoms. The van der Waals surface area contributed by atoms with Crippen molar-refractivity contribution in [3.8, 4) is 5.88 Å². The van der Waals surface area contributed by atoms with Crippen LogP contribution in [-0.2, 0) is 0 Å². The second kappa shape index (κ2) is 7.90. The zero-order valence-electron chi connectivity index (χ0n) is 12.0. The third-order valence-corrected chi connectivity index (χ3v) is 2.75. The minimum absolute atomic E-state index is 0.441. The highest BCUT2D eigenvalue weighted by Gasteiger charge is 2.08. The summed E-state index contributed by atoms with van der Waals surface area (Å²) in [5, 5.41) is 3.39. The smallest absolute Gasteiger partial charge is 0.226 e. The summed E-state index contributed by atoms with van der Waals surface area (Å²) in [6.45, 7) is 9.12. The number of nitrogens with one attached hydrogen (secondary N) is 1. The molecule has 0 saturated carbocycles. The lowest BCUT2D eigenvalue weighted by Crippen LogP contribution is -2.20. The van der Waals surface area contributed by atoms with Crippen LogP contribution >= 0.6 is 0 Å². The van der Waals surface area contributed by atoms with Gasteiger partial charge >= 0.3 is 0 Å². The monoisotopic (exact) mass is 251 g/mol. The maximum atomic E-state index is 5.56. The van der Waals surface area contributed by atoms with E-state index in [0.717, 1.165) is 31.4 Å². The molecule has 0 saturated heterocycles. The molecule has 1 aromatic heterocycles. The molecule has 1 atom stereocenters. The Labute approximate surface area is 110 Å². The first kappa shape index (κ1) is 14.7. The number of anilines is 1. The molecule has 0 aliphatic rings. The van der Waals surface area contributed by atoms with Crippen molar-refractivity contribution in [2.45, 2.75) is 59.4 Å². The number of ether oxygens (including phenoxy) is 1. The molecule has 0 fully saturated rings. The summed E-state index contributed by atoms with van der Waals surface area (Å²) in [5.74, 6) is 1.35. The van der Waals surface area contributed by atoms with Gasteiger partial charge in [-0.15, -0.1) is 0 Å². The molecule has 0 radical (unpaired) electrons. The summed E-state index contributed by atoms with van der Waals surface area (Å²) in [6.07, 6.45) is 4.37. The van der Waals surface area contributed by atoms with Crippen LogP contribution in [0.1, 0.15) is 52.1 Å². The SMILES string of the molecule is CCCOc1cc(C)nc(NC(CC)CCC)n1. The Kier molecular flexibility index (Phi) is 6.47. The van der Waals surface area contributed by atoms with E-state index < -0.39 is 0 Å². The molecular weight excluding hydrogens is 226 g/mol. The van der Waals surface area contributed by atoms with Gasteiger partial charge in [-0.3, -0.25) is 0 Å². The van der Waals surface area contributed by atoms with Crippen molar-refractivity contribution >= 4 is 5.95 Å². The maximum Gasteiger partial charge on any atom is 0.226 e. The number of rotatable bonds is 8. The third-order valence-electron chi connectivity index (χ3n) is 2.75. The van der Waals surface area contributed by atoms with E-state index in [-0.39, 0.29) is 0 Å². The predicted molar refractivity (Wildman–Crippen MR) is 75.2 cm³/mol. The normalized spacial score (nSPS) is 12.2. The van der Waals surface area contributed by atoms with Crippen molar-refractivity contribution in [1.82, 2.24) is 9.97 Å². The molecule has 1 heterocycles. The first-order valence-corrected chi connectivity index (χ1v) is 6.94. The molecule has 1 aromatic rings. The van der Waals surface area contributed by atoms with Gasteiger partial charge in [0.05, 0.1) is 6.61 Å². The predicted octanol–water partition coefficient (Wildman–Crippen LogP) is 3.56. The summed E-state index contributed by atoms with van der Waals surface area (Å²) in [7, 11) is 0. The molecule has 0 bridgehead atoms. The van der Waals surface area contributed by atoms with E-state index in [9.17, 15) is 0 Å². The second-order valence-corrected chi connectivity index (χ2v) is 4.56. The van der Waals surface area contributed by atoms with Crippen LogP contribution in [0.2, 0.25) is 0 Å². The molecule has 0 aromatic carbocycles. The van der Waals surface area contributed by atoms with Gasteiger partial charge in [0, 0.05) is 17.8 Å². The van der Waals surface area contributed by atoms with Gasteiger partial charge in [0.25, 0.3) is 0 Å². The average Bonchev–Trinajstić information content (AvgIpc) is 2.35. The van der Waals surface area contributed by atoms with Crippen LogP contribution < -0.4 is 10.1 Å². The van der Waals surface area contributed by atoms with E-state index in [1.54, 1.807) is 0 Å². The molecule has 0 amide bonds. The molecule has 102 valence electrons. The van der Waals surface area contributed by atoms with Gasteiger partial charge in [-0.25, -0.2) is 4.98 Å². The highest BCUT2D eigenvalue weighted by molar-refractivity contribution is 5.31. The fourth-order valence-electron chi connectivity index (χ4n) is 1.79. The van der Waals surface area contributed by atoms with Crippen LogP contribution in [-0.4, -0.2) is 22.6 Å². The Morgan fingerprint density at radius 2 is 2.00 bits per heavy atom. The van der Waals surface area contributed by atoms with E-state index in [0.29, 0.717) is 24.5 Å². The molecule has 4 nitrogen and oxygen atoms in total. The van der Waals surface area contributed by atoms with E-state index in [1.807, 2.05) is 13.0 Å². The Balaban J connectivity index is 2.71. The number of hydrogen-bond donors (Lipinski definition) is 1. The quantitative estimate of drug-likeness (QED) is 0.767. The highest BCUT2D eigenvalue weighted by Crippen LogP contribution is 2.15. The van der Waals surface area contributed by atoms with Crippen LogP contribution in [0.4, 0.5) is 5.95 Å².